The van der Waals surface area contributed by atoms with Crippen molar-refractivity contribution in [3.8, 4) is 22.3 Å². The molecule has 0 atom stereocenters. The highest BCUT2D eigenvalue weighted by atomic mass is 15.2. The molecule has 4 aliphatic rings. The summed E-state index contributed by atoms with van der Waals surface area (Å²) in [7, 11) is 0. The largest absolute Gasteiger partial charge is 0.311 e. The fraction of sp³-hybridized carbons (Fsp3) is 0.108. The van der Waals surface area contributed by atoms with Gasteiger partial charge in [0.05, 0.1) is 0 Å². The Morgan fingerprint density at radius 1 is 0.200 bits per heavy atom. The Labute approximate surface area is 472 Å². The van der Waals surface area contributed by atoms with Crippen molar-refractivity contribution in [3.63, 3.8) is 0 Å². The van der Waals surface area contributed by atoms with E-state index in [0.717, 1.165) is 22.7 Å². The van der Waals surface area contributed by atoms with Crippen molar-refractivity contribution >= 4 is 114 Å². The van der Waals surface area contributed by atoms with E-state index in [2.05, 4.69) is 293 Å². The van der Waals surface area contributed by atoms with Gasteiger partial charge in [-0.15, -0.1) is 0 Å². The average Bonchev–Trinajstić information content (AvgIpc) is 3.46. The van der Waals surface area contributed by atoms with E-state index in [1.165, 1.54) is 145 Å². The highest BCUT2D eigenvalue weighted by molar-refractivity contribution is 7.03. The Kier molecular flexibility index (Phi) is 10.9. The third-order valence-electron chi connectivity index (χ3n) is 17.5. The quantitative estimate of drug-likeness (QED) is 0.154. The molecule has 4 nitrogen and oxygen atoms in total. The summed E-state index contributed by atoms with van der Waals surface area (Å²) in [5.41, 5.74) is 36.7. The van der Waals surface area contributed by atoms with Crippen LogP contribution in [0, 0.1) is 55.4 Å². The first-order chi connectivity index (χ1) is 38.9. The van der Waals surface area contributed by atoms with Crippen LogP contribution in [0.3, 0.4) is 0 Å². The molecule has 6 heteroatoms. The summed E-state index contributed by atoms with van der Waals surface area (Å²) in [4.78, 5) is 10.3. The van der Waals surface area contributed by atoms with Crippen molar-refractivity contribution in [2.24, 2.45) is 0 Å². The molecule has 0 saturated carbocycles. The molecule has 15 rings (SSSR count). The summed E-state index contributed by atoms with van der Waals surface area (Å²) in [5, 5.41) is 0. The molecular weight excluding hydrogens is 966 g/mol. The van der Waals surface area contributed by atoms with Crippen LogP contribution in [0.25, 0.3) is 22.3 Å². The van der Waals surface area contributed by atoms with Gasteiger partial charge < -0.3 is 19.6 Å². The molecule has 0 aliphatic carbocycles. The van der Waals surface area contributed by atoms with Crippen molar-refractivity contribution in [2.45, 2.75) is 55.4 Å². The van der Waals surface area contributed by atoms with Gasteiger partial charge in [0, 0.05) is 68.2 Å². The van der Waals surface area contributed by atoms with Gasteiger partial charge in [0.2, 0.25) is 0 Å². The Bertz CT molecular complexity index is 4040. The Balaban J connectivity index is 1.09. The van der Waals surface area contributed by atoms with Gasteiger partial charge in [0.25, 0.3) is 13.4 Å². The number of anilines is 12. The Morgan fingerprint density at radius 2 is 0.450 bits per heavy atom. The van der Waals surface area contributed by atoms with E-state index in [4.69, 9.17) is 0 Å². The standard InChI is InChI=1S/C74H60B2N4/c1-45-9-23-53(24-10-45)55-39-69-73-71(41-55)79(59-31-17-49(5)18-32-59)67-44-68-64(43-63(67)75(73)61-37-51(7)21-35-65(61)77(69)57-27-13-47(3)14-28-57)76-62-38-52(8)22-36-66(62)78(58-29-15-48(4)16-30-58)70-40-56(54-25-11-46(2)12-26-54)42-72(74(70)76)80(68)60-33-19-50(6)20-34-60/h9-44H,1-8H3. The van der Waals surface area contributed by atoms with E-state index in [0.29, 0.717) is 0 Å². The number of fused-ring (bicyclic) bond motifs is 8. The summed E-state index contributed by atoms with van der Waals surface area (Å²) >= 11 is 0. The average molecular weight is 1030 g/mol. The fourth-order valence-electron chi connectivity index (χ4n) is 13.4. The molecule has 0 aromatic heterocycles. The zero-order valence-corrected chi connectivity index (χ0v) is 46.7. The van der Waals surface area contributed by atoms with Gasteiger partial charge in [-0.25, -0.2) is 0 Å². The lowest BCUT2D eigenvalue weighted by atomic mass is 9.30. The predicted octanol–water partition coefficient (Wildman–Crippen LogP) is 15.7. The maximum atomic E-state index is 2.66. The Hall–Kier alpha value is -9.25. The summed E-state index contributed by atoms with van der Waals surface area (Å²) in [6, 6.07) is 84.3. The molecule has 0 amide bonds. The van der Waals surface area contributed by atoms with Crippen LogP contribution >= 0.6 is 0 Å². The second-order valence-corrected chi connectivity index (χ2v) is 23.2. The molecule has 11 aromatic carbocycles. The van der Waals surface area contributed by atoms with Crippen molar-refractivity contribution in [1.82, 2.24) is 0 Å². The molecule has 0 spiro atoms. The summed E-state index contributed by atoms with van der Waals surface area (Å²) in [6.07, 6.45) is 0. The van der Waals surface area contributed by atoms with Gasteiger partial charge in [0.1, 0.15) is 0 Å². The molecule has 4 aliphatic heterocycles. The molecule has 80 heavy (non-hydrogen) atoms. The van der Waals surface area contributed by atoms with Gasteiger partial charge in [-0.2, -0.15) is 0 Å². The minimum absolute atomic E-state index is 0.0899. The number of aryl methyl sites for hydroxylation is 8. The van der Waals surface area contributed by atoms with Crippen LogP contribution in [-0.2, 0) is 0 Å². The van der Waals surface area contributed by atoms with Crippen LogP contribution in [-0.4, -0.2) is 13.4 Å². The molecule has 0 radical (unpaired) electrons. The monoisotopic (exact) mass is 1030 g/mol. The summed E-state index contributed by atoms with van der Waals surface area (Å²) in [6.45, 7) is 17.4. The van der Waals surface area contributed by atoms with E-state index in [1.807, 2.05) is 0 Å². The minimum Gasteiger partial charge on any atom is -0.311 e. The van der Waals surface area contributed by atoms with E-state index in [-0.39, 0.29) is 13.4 Å². The van der Waals surface area contributed by atoms with Crippen molar-refractivity contribution in [2.75, 3.05) is 19.6 Å². The van der Waals surface area contributed by atoms with Crippen molar-refractivity contribution in [3.05, 3.63) is 263 Å². The van der Waals surface area contributed by atoms with Crippen LogP contribution < -0.4 is 52.4 Å². The molecule has 0 saturated heterocycles. The first kappa shape index (κ1) is 47.9. The van der Waals surface area contributed by atoms with Crippen LogP contribution in [0.2, 0.25) is 0 Å². The normalized spacial score (nSPS) is 13.3. The molecule has 0 unspecified atom stereocenters. The number of benzene rings is 11. The molecule has 11 aromatic rings. The Morgan fingerprint density at radius 3 is 0.750 bits per heavy atom. The molecule has 382 valence electrons. The maximum absolute atomic E-state index is 2.66. The fourth-order valence-corrected chi connectivity index (χ4v) is 13.4. The lowest BCUT2D eigenvalue weighted by Crippen LogP contribution is -2.65. The van der Waals surface area contributed by atoms with E-state index in [9.17, 15) is 0 Å². The maximum Gasteiger partial charge on any atom is 0.252 e. The molecular formula is C74H60B2N4. The van der Waals surface area contributed by atoms with Gasteiger partial charge >= 0.3 is 0 Å². The van der Waals surface area contributed by atoms with Crippen LogP contribution in [0.5, 0.6) is 0 Å². The SMILES string of the molecule is Cc1ccc(-c2cc3c4c(c2)N(c2ccc(C)cc2)c2cc5c(cc2B4c2cc(C)ccc2N3c2ccc(C)cc2)B2c3cc(C)ccc3N(c3ccc(C)cc3)c3cc(-c4ccc(C)cc4)cc(c32)N5c2ccc(C)cc2)cc1. The molecule has 4 heterocycles. The van der Waals surface area contributed by atoms with Crippen molar-refractivity contribution in [1.29, 1.82) is 0 Å². The van der Waals surface area contributed by atoms with Crippen LogP contribution in [0.4, 0.5) is 68.2 Å². The molecule has 0 fully saturated rings. The summed E-state index contributed by atoms with van der Waals surface area (Å²) < 4.78 is 0. The minimum atomic E-state index is -0.0899. The van der Waals surface area contributed by atoms with Gasteiger partial charge in [-0.05, 0) is 201 Å². The topological polar surface area (TPSA) is 13.0 Å². The number of rotatable bonds is 6. The number of nitrogens with zero attached hydrogens (tertiary/aromatic N) is 4. The highest BCUT2D eigenvalue weighted by Crippen LogP contribution is 2.50. The number of hydrogen-bond donors (Lipinski definition) is 0. The smallest absolute Gasteiger partial charge is 0.252 e. The van der Waals surface area contributed by atoms with Crippen LogP contribution in [0.1, 0.15) is 44.5 Å². The lowest BCUT2D eigenvalue weighted by molar-refractivity contribution is 1.23. The van der Waals surface area contributed by atoms with E-state index in [1.54, 1.807) is 0 Å². The first-order valence-corrected chi connectivity index (χ1v) is 28.3. The molecule has 0 bridgehead atoms. The van der Waals surface area contributed by atoms with Crippen LogP contribution in [0.15, 0.2) is 218 Å². The van der Waals surface area contributed by atoms with E-state index < -0.39 is 0 Å². The molecule has 0 N–H and O–H groups in total. The zero-order chi connectivity index (χ0) is 54.2. The van der Waals surface area contributed by atoms with Gasteiger partial charge in [-0.3, -0.25) is 0 Å². The first-order valence-electron chi connectivity index (χ1n) is 28.3. The predicted molar refractivity (Wildman–Crippen MR) is 343 cm³/mol. The second-order valence-electron chi connectivity index (χ2n) is 23.2. The van der Waals surface area contributed by atoms with Gasteiger partial charge in [0.15, 0.2) is 0 Å². The third kappa shape index (κ3) is 7.53. The second kappa shape index (κ2) is 18.2. The van der Waals surface area contributed by atoms with Crippen molar-refractivity contribution < 1.29 is 0 Å². The highest BCUT2D eigenvalue weighted by Gasteiger charge is 2.48. The lowest BCUT2D eigenvalue weighted by Gasteiger charge is -2.47. The summed E-state index contributed by atoms with van der Waals surface area (Å²) in [5.74, 6) is 0. The third-order valence-corrected chi connectivity index (χ3v) is 17.5. The number of hydrogen-bond acceptors (Lipinski definition) is 4. The zero-order valence-electron chi connectivity index (χ0n) is 46.7. The van der Waals surface area contributed by atoms with E-state index >= 15 is 0 Å². The van der Waals surface area contributed by atoms with Gasteiger partial charge in [-0.1, -0.05) is 172 Å².